The number of hydrogen-bond acceptors (Lipinski definition) is 5. The largest absolute Gasteiger partial charge is 0.480 e. The van der Waals surface area contributed by atoms with Crippen molar-refractivity contribution in [2.24, 2.45) is 0 Å². The normalized spacial score (nSPS) is 14.5. The molecule has 8 heteroatoms. The molecule has 126 valence electrons. The SMILES string of the molecule is CCOC(=O)COc1ccc(Cl)cc1N1CCN(C(=O)O)CC1. The Morgan fingerprint density at radius 2 is 1.96 bits per heavy atom. The Balaban J connectivity index is 2.07. The van der Waals surface area contributed by atoms with Crippen LogP contribution in [0.1, 0.15) is 6.92 Å². The minimum atomic E-state index is -0.922. The molecule has 0 aliphatic carbocycles. The molecule has 2 rings (SSSR count). The van der Waals surface area contributed by atoms with E-state index in [9.17, 15) is 9.59 Å². The number of benzene rings is 1. The van der Waals surface area contributed by atoms with Gasteiger partial charge in [0.05, 0.1) is 12.3 Å². The maximum atomic E-state index is 11.4. The van der Waals surface area contributed by atoms with Crippen LogP contribution in [-0.2, 0) is 9.53 Å². The summed E-state index contributed by atoms with van der Waals surface area (Å²) in [6, 6.07) is 5.12. The van der Waals surface area contributed by atoms with Gasteiger partial charge in [-0.25, -0.2) is 9.59 Å². The third kappa shape index (κ3) is 4.66. The number of rotatable bonds is 5. The summed E-state index contributed by atoms with van der Waals surface area (Å²) in [6.07, 6.45) is -0.922. The fraction of sp³-hybridized carbons (Fsp3) is 0.467. The minimum Gasteiger partial charge on any atom is -0.480 e. The van der Waals surface area contributed by atoms with Crippen LogP contribution in [0.2, 0.25) is 5.02 Å². The lowest BCUT2D eigenvalue weighted by Crippen LogP contribution is -2.48. The number of carbonyl (C=O) groups is 2. The van der Waals surface area contributed by atoms with Gasteiger partial charge in [0.15, 0.2) is 6.61 Å². The summed E-state index contributed by atoms with van der Waals surface area (Å²) in [5.74, 6) is 0.0790. The summed E-state index contributed by atoms with van der Waals surface area (Å²) in [4.78, 5) is 25.8. The number of hydrogen-bond donors (Lipinski definition) is 1. The van der Waals surface area contributed by atoms with Crippen LogP contribution in [-0.4, -0.2) is 61.5 Å². The van der Waals surface area contributed by atoms with E-state index < -0.39 is 12.1 Å². The Kier molecular flexibility index (Phi) is 5.92. The lowest BCUT2D eigenvalue weighted by atomic mass is 10.2. The lowest BCUT2D eigenvalue weighted by Gasteiger charge is -2.35. The molecule has 1 aromatic carbocycles. The average molecular weight is 343 g/mol. The number of carbonyl (C=O) groups excluding carboxylic acids is 1. The molecule has 7 nitrogen and oxygen atoms in total. The van der Waals surface area contributed by atoms with E-state index in [0.717, 1.165) is 5.69 Å². The number of piperazine rings is 1. The molecule has 1 aromatic rings. The first-order valence-corrected chi connectivity index (χ1v) is 7.70. The lowest BCUT2D eigenvalue weighted by molar-refractivity contribution is -0.145. The molecule has 1 aliphatic rings. The van der Waals surface area contributed by atoms with Gasteiger partial charge in [-0.3, -0.25) is 0 Å². The summed E-state index contributed by atoms with van der Waals surface area (Å²) in [5.41, 5.74) is 0.742. The van der Waals surface area contributed by atoms with Crippen molar-refractivity contribution in [2.45, 2.75) is 6.92 Å². The zero-order valence-corrected chi connectivity index (χ0v) is 13.6. The van der Waals surface area contributed by atoms with Crippen LogP contribution >= 0.6 is 11.6 Å². The molecule has 1 aliphatic heterocycles. The van der Waals surface area contributed by atoms with Crippen molar-refractivity contribution >= 4 is 29.4 Å². The molecule has 0 unspecified atom stereocenters. The Bertz CT molecular complexity index is 573. The van der Waals surface area contributed by atoms with E-state index in [4.69, 9.17) is 26.2 Å². The molecule has 1 saturated heterocycles. The van der Waals surface area contributed by atoms with Crippen molar-refractivity contribution < 1.29 is 24.2 Å². The van der Waals surface area contributed by atoms with E-state index in [2.05, 4.69) is 0 Å². The van der Waals surface area contributed by atoms with Crippen LogP contribution in [0.15, 0.2) is 18.2 Å². The number of carboxylic acid groups (broad SMARTS) is 1. The third-order valence-corrected chi connectivity index (χ3v) is 3.70. The van der Waals surface area contributed by atoms with Gasteiger partial charge >= 0.3 is 12.1 Å². The number of anilines is 1. The summed E-state index contributed by atoms with van der Waals surface area (Å²) in [6.45, 7) is 3.71. The summed E-state index contributed by atoms with van der Waals surface area (Å²) in [5, 5.41) is 9.55. The van der Waals surface area contributed by atoms with Crippen LogP contribution in [0.3, 0.4) is 0 Å². The predicted molar refractivity (Wildman–Crippen MR) is 85.4 cm³/mol. The topological polar surface area (TPSA) is 79.3 Å². The highest BCUT2D eigenvalue weighted by molar-refractivity contribution is 6.30. The Hall–Kier alpha value is -2.15. The molecular formula is C15H19ClN2O5. The van der Waals surface area contributed by atoms with Crippen molar-refractivity contribution in [1.29, 1.82) is 0 Å². The van der Waals surface area contributed by atoms with Crippen molar-refractivity contribution in [3.8, 4) is 5.75 Å². The zero-order chi connectivity index (χ0) is 16.8. The molecule has 0 saturated carbocycles. The average Bonchev–Trinajstić information content (AvgIpc) is 2.54. The van der Waals surface area contributed by atoms with Gasteiger partial charge < -0.3 is 24.4 Å². The van der Waals surface area contributed by atoms with Crippen molar-refractivity contribution in [3.05, 3.63) is 23.2 Å². The second-order valence-electron chi connectivity index (χ2n) is 4.96. The number of amides is 1. The summed E-state index contributed by atoms with van der Waals surface area (Å²) < 4.78 is 10.4. The molecule has 0 spiro atoms. The molecule has 1 amide bonds. The molecule has 1 N–H and O–H groups in total. The molecule has 23 heavy (non-hydrogen) atoms. The van der Waals surface area contributed by atoms with Crippen molar-refractivity contribution in [1.82, 2.24) is 4.90 Å². The van der Waals surface area contributed by atoms with E-state index in [1.54, 1.807) is 25.1 Å². The van der Waals surface area contributed by atoms with Gasteiger partial charge in [0.2, 0.25) is 0 Å². The first-order valence-electron chi connectivity index (χ1n) is 7.32. The highest BCUT2D eigenvalue weighted by atomic mass is 35.5. The second-order valence-corrected chi connectivity index (χ2v) is 5.40. The Morgan fingerprint density at radius 3 is 2.57 bits per heavy atom. The highest BCUT2D eigenvalue weighted by Crippen LogP contribution is 2.32. The monoisotopic (exact) mass is 342 g/mol. The van der Waals surface area contributed by atoms with Gasteiger partial charge in [0.1, 0.15) is 5.75 Å². The smallest absolute Gasteiger partial charge is 0.407 e. The Labute approximate surface area is 139 Å². The van der Waals surface area contributed by atoms with Gasteiger partial charge in [-0.2, -0.15) is 0 Å². The number of esters is 1. The van der Waals surface area contributed by atoms with E-state index in [1.165, 1.54) is 4.90 Å². The van der Waals surface area contributed by atoms with Crippen molar-refractivity contribution in [3.63, 3.8) is 0 Å². The maximum Gasteiger partial charge on any atom is 0.407 e. The number of nitrogens with zero attached hydrogens (tertiary/aromatic N) is 2. The van der Waals surface area contributed by atoms with E-state index in [-0.39, 0.29) is 6.61 Å². The van der Waals surface area contributed by atoms with Gasteiger partial charge in [0, 0.05) is 31.2 Å². The summed E-state index contributed by atoms with van der Waals surface area (Å²) >= 11 is 6.05. The molecule has 0 radical (unpaired) electrons. The van der Waals surface area contributed by atoms with E-state index >= 15 is 0 Å². The molecule has 0 atom stereocenters. The van der Waals surface area contributed by atoms with E-state index in [0.29, 0.717) is 43.6 Å². The Morgan fingerprint density at radius 1 is 1.26 bits per heavy atom. The van der Waals surface area contributed by atoms with E-state index in [1.807, 2.05) is 4.90 Å². The molecule has 1 fully saturated rings. The predicted octanol–water partition coefficient (Wildman–Crippen LogP) is 2.08. The van der Waals surface area contributed by atoms with Gasteiger partial charge in [0.25, 0.3) is 0 Å². The molecule has 1 heterocycles. The van der Waals surface area contributed by atoms with Gasteiger partial charge in [-0.15, -0.1) is 0 Å². The highest BCUT2D eigenvalue weighted by Gasteiger charge is 2.23. The zero-order valence-electron chi connectivity index (χ0n) is 12.8. The third-order valence-electron chi connectivity index (χ3n) is 3.46. The van der Waals surface area contributed by atoms with Gasteiger partial charge in [-0.1, -0.05) is 11.6 Å². The van der Waals surface area contributed by atoms with Gasteiger partial charge in [-0.05, 0) is 25.1 Å². The number of ether oxygens (including phenoxy) is 2. The summed E-state index contributed by atoms with van der Waals surface area (Å²) in [7, 11) is 0. The van der Waals surface area contributed by atoms with Crippen molar-refractivity contribution in [2.75, 3.05) is 44.3 Å². The maximum absolute atomic E-state index is 11.4. The second kappa shape index (κ2) is 7.92. The first kappa shape index (κ1) is 17.2. The minimum absolute atomic E-state index is 0.183. The fourth-order valence-corrected chi connectivity index (χ4v) is 2.50. The van der Waals surface area contributed by atoms with Crippen LogP contribution in [0.4, 0.5) is 10.5 Å². The number of halogens is 1. The quantitative estimate of drug-likeness (QED) is 0.825. The standard InChI is InChI=1S/C15H19ClN2O5/c1-2-22-14(19)10-23-13-4-3-11(16)9-12(13)17-5-7-18(8-6-17)15(20)21/h3-4,9H,2,5-8,10H2,1H3,(H,20,21). The molecule has 0 bridgehead atoms. The molecule has 0 aromatic heterocycles. The van der Waals surface area contributed by atoms with Crippen LogP contribution in [0, 0.1) is 0 Å². The fourth-order valence-electron chi connectivity index (χ4n) is 2.34. The van der Waals surface area contributed by atoms with Crippen LogP contribution < -0.4 is 9.64 Å². The first-order chi connectivity index (χ1) is 11.0. The van der Waals surface area contributed by atoms with Crippen LogP contribution in [0.25, 0.3) is 0 Å². The van der Waals surface area contributed by atoms with Crippen LogP contribution in [0.5, 0.6) is 5.75 Å². The molecular weight excluding hydrogens is 324 g/mol.